The molecule has 0 amide bonds. The molecule has 0 saturated carbocycles. The summed E-state index contributed by atoms with van der Waals surface area (Å²) in [5, 5.41) is 0. The second-order valence-corrected chi connectivity index (χ2v) is 5.98. The van der Waals surface area contributed by atoms with Crippen molar-refractivity contribution in [3.8, 4) is 11.5 Å². The molecule has 1 aromatic rings. The molecule has 82 valence electrons. The Morgan fingerprint density at radius 2 is 2.07 bits per heavy atom. The lowest BCUT2D eigenvalue weighted by molar-refractivity contribution is 0.394. The van der Waals surface area contributed by atoms with Gasteiger partial charge in [0.25, 0.3) is 0 Å². The van der Waals surface area contributed by atoms with Gasteiger partial charge in [0, 0.05) is 0 Å². The summed E-state index contributed by atoms with van der Waals surface area (Å²) in [5.41, 5.74) is 1.19. The number of ether oxygens (including phenoxy) is 1. The van der Waals surface area contributed by atoms with Crippen LogP contribution >= 0.6 is 0 Å². The molecule has 15 heavy (non-hydrogen) atoms. The van der Waals surface area contributed by atoms with E-state index < -0.39 is 9.04 Å². The van der Waals surface area contributed by atoms with Crippen LogP contribution in [-0.2, 0) is 6.42 Å². The first kappa shape index (κ1) is 11.8. The molecular formula is C12H18O2Si. The first-order valence-electron chi connectivity index (χ1n) is 5.11. The van der Waals surface area contributed by atoms with Gasteiger partial charge in [-0.15, -0.1) is 6.58 Å². The number of hydrogen-bond acceptors (Lipinski definition) is 2. The van der Waals surface area contributed by atoms with Crippen molar-refractivity contribution >= 4 is 9.04 Å². The van der Waals surface area contributed by atoms with Crippen LogP contribution < -0.4 is 9.16 Å². The van der Waals surface area contributed by atoms with Crippen LogP contribution in [0.5, 0.6) is 11.5 Å². The van der Waals surface area contributed by atoms with Crippen LogP contribution in [0.25, 0.3) is 0 Å². The van der Waals surface area contributed by atoms with Gasteiger partial charge in [0.05, 0.1) is 7.11 Å². The van der Waals surface area contributed by atoms with E-state index in [1.54, 1.807) is 7.11 Å². The van der Waals surface area contributed by atoms with E-state index in [0.717, 1.165) is 17.9 Å². The third-order valence-electron chi connectivity index (χ3n) is 1.97. The van der Waals surface area contributed by atoms with E-state index in [1.165, 1.54) is 5.56 Å². The molecule has 0 aliphatic carbocycles. The van der Waals surface area contributed by atoms with Crippen LogP contribution in [-0.4, -0.2) is 16.2 Å². The maximum Gasteiger partial charge on any atom is 0.229 e. The molecule has 0 N–H and O–H groups in total. The van der Waals surface area contributed by atoms with Crippen molar-refractivity contribution in [2.75, 3.05) is 7.11 Å². The van der Waals surface area contributed by atoms with Crippen molar-refractivity contribution in [3.05, 3.63) is 36.4 Å². The van der Waals surface area contributed by atoms with Gasteiger partial charge < -0.3 is 9.16 Å². The van der Waals surface area contributed by atoms with E-state index >= 15 is 0 Å². The highest BCUT2D eigenvalue weighted by atomic mass is 28.3. The Kier molecular flexibility index (Phi) is 4.43. The number of benzene rings is 1. The van der Waals surface area contributed by atoms with Crippen molar-refractivity contribution in [2.45, 2.75) is 19.5 Å². The van der Waals surface area contributed by atoms with Crippen molar-refractivity contribution < 1.29 is 9.16 Å². The predicted octanol–water partition coefficient (Wildman–Crippen LogP) is 2.79. The first-order valence-corrected chi connectivity index (χ1v) is 7.90. The molecule has 0 heterocycles. The van der Waals surface area contributed by atoms with Crippen LogP contribution in [0.4, 0.5) is 0 Å². The average Bonchev–Trinajstić information content (AvgIpc) is 2.20. The van der Waals surface area contributed by atoms with E-state index in [0.29, 0.717) is 0 Å². The van der Waals surface area contributed by atoms with Crippen LogP contribution in [0.1, 0.15) is 5.56 Å². The zero-order valence-electron chi connectivity index (χ0n) is 9.62. The van der Waals surface area contributed by atoms with Gasteiger partial charge in [0.15, 0.2) is 5.75 Å². The van der Waals surface area contributed by atoms with Crippen molar-refractivity contribution in [2.24, 2.45) is 0 Å². The Morgan fingerprint density at radius 3 is 2.60 bits per heavy atom. The normalized spacial score (nSPS) is 10.1. The first-order chi connectivity index (χ1) is 7.17. The Hall–Kier alpha value is -1.22. The summed E-state index contributed by atoms with van der Waals surface area (Å²) in [6, 6.07) is 6.04. The van der Waals surface area contributed by atoms with Crippen LogP contribution in [0.2, 0.25) is 13.1 Å². The summed E-state index contributed by atoms with van der Waals surface area (Å²) >= 11 is 0. The molecule has 3 heteroatoms. The fourth-order valence-electron chi connectivity index (χ4n) is 1.36. The van der Waals surface area contributed by atoms with Crippen molar-refractivity contribution in [3.63, 3.8) is 0 Å². The highest BCUT2D eigenvalue weighted by Gasteiger charge is 2.07. The number of hydrogen-bond donors (Lipinski definition) is 0. The van der Waals surface area contributed by atoms with Gasteiger partial charge in [-0.1, -0.05) is 12.1 Å². The van der Waals surface area contributed by atoms with E-state index in [4.69, 9.17) is 9.16 Å². The van der Waals surface area contributed by atoms with Crippen LogP contribution in [0.3, 0.4) is 0 Å². The third kappa shape index (κ3) is 3.44. The largest absolute Gasteiger partial charge is 0.544 e. The second kappa shape index (κ2) is 5.61. The zero-order chi connectivity index (χ0) is 11.3. The lowest BCUT2D eigenvalue weighted by Gasteiger charge is -2.14. The van der Waals surface area contributed by atoms with E-state index in [2.05, 4.69) is 25.7 Å². The predicted molar refractivity (Wildman–Crippen MR) is 66.4 cm³/mol. The summed E-state index contributed by atoms with van der Waals surface area (Å²) in [4.78, 5) is 0. The van der Waals surface area contributed by atoms with Crippen molar-refractivity contribution in [1.82, 2.24) is 0 Å². The van der Waals surface area contributed by atoms with Crippen LogP contribution in [0.15, 0.2) is 30.9 Å². The Bertz CT molecular complexity index is 334. The summed E-state index contributed by atoms with van der Waals surface area (Å²) in [5.74, 6) is 1.67. The van der Waals surface area contributed by atoms with Crippen LogP contribution in [0, 0.1) is 0 Å². The van der Waals surface area contributed by atoms with E-state index in [9.17, 15) is 0 Å². The van der Waals surface area contributed by atoms with Gasteiger partial charge in [0.1, 0.15) is 5.75 Å². The minimum atomic E-state index is -1.07. The molecule has 0 aromatic heterocycles. The lowest BCUT2D eigenvalue weighted by Crippen LogP contribution is -2.11. The minimum absolute atomic E-state index is 0.815. The highest BCUT2D eigenvalue weighted by Crippen LogP contribution is 2.28. The Balaban J connectivity index is 2.92. The topological polar surface area (TPSA) is 18.5 Å². The minimum Gasteiger partial charge on any atom is -0.544 e. The maximum atomic E-state index is 5.76. The summed E-state index contributed by atoms with van der Waals surface area (Å²) in [6.07, 6.45) is 2.74. The molecule has 0 bridgehead atoms. The number of methoxy groups -OCH3 is 1. The number of allylic oxidation sites excluding steroid dienone is 1. The highest BCUT2D eigenvalue weighted by molar-refractivity contribution is 6.49. The fraction of sp³-hybridized carbons (Fsp3) is 0.333. The molecule has 2 nitrogen and oxygen atoms in total. The van der Waals surface area contributed by atoms with Gasteiger partial charge in [-0.3, -0.25) is 0 Å². The van der Waals surface area contributed by atoms with E-state index in [1.807, 2.05) is 18.2 Å². The number of rotatable bonds is 5. The molecule has 0 radical (unpaired) electrons. The maximum absolute atomic E-state index is 5.76. The molecule has 1 rings (SSSR count). The molecule has 0 aliphatic rings. The SMILES string of the molecule is C=CCc1ccc(O[SiH](C)C)c(OC)c1. The Labute approximate surface area is 93.3 Å². The lowest BCUT2D eigenvalue weighted by atomic mass is 10.1. The monoisotopic (exact) mass is 222 g/mol. The van der Waals surface area contributed by atoms with Gasteiger partial charge in [0.2, 0.25) is 9.04 Å². The van der Waals surface area contributed by atoms with E-state index in [-0.39, 0.29) is 0 Å². The molecule has 0 unspecified atom stereocenters. The summed E-state index contributed by atoms with van der Waals surface area (Å²) in [7, 11) is 0.597. The summed E-state index contributed by atoms with van der Waals surface area (Å²) in [6.45, 7) is 7.99. The average molecular weight is 222 g/mol. The standard InChI is InChI=1S/C12H18O2Si/c1-5-6-10-7-8-11(14-15(3)4)12(9-10)13-2/h5,7-9,15H,1,6H2,2-4H3. The second-order valence-electron chi connectivity index (χ2n) is 3.64. The molecule has 1 aromatic carbocycles. The summed E-state index contributed by atoms with van der Waals surface area (Å²) < 4.78 is 11.1. The molecule has 0 atom stereocenters. The molecular weight excluding hydrogens is 204 g/mol. The molecule has 0 spiro atoms. The fourth-order valence-corrected chi connectivity index (χ4v) is 2.06. The smallest absolute Gasteiger partial charge is 0.229 e. The van der Waals surface area contributed by atoms with Gasteiger partial charge in [-0.05, 0) is 37.2 Å². The van der Waals surface area contributed by atoms with Crippen molar-refractivity contribution in [1.29, 1.82) is 0 Å². The molecule has 0 saturated heterocycles. The molecule has 0 fully saturated rings. The quantitative estimate of drug-likeness (QED) is 0.563. The van der Waals surface area contributed by atoms with Gasteiger partial charge >= 0.3 is 0 Å². The zero-order valence-corrected chi connectivity index (χ0v) is 10.8. The Morgan fingerprint density at radius 1 is 1.33 bits per heavy atom. The third-order valence-corrected chi connectivity index (χ3v) is 2.70. The molecule has 0 aliphatic heterocycles. The van der Waals surface area contributed by atoms with Gasteiger partial charge in [-0.2, -0.15) is 0 Å². The van der Waals surface area contributed by atoms with Gasteiger partial charge in [-0.25, -0.2) is 0 Å².